The van der Waals surface area contributed by atoms with Crippen LogP contribution in [0.5, 0.6) is 5.75 Å². The summed E-state index contributed by atoms with van der Waals surface area (Å²) in [5.41, 5.74) is 2.90. The largest absolute Gasteiger partial charge is 0.484 e. The fourth-order valence-corrected chi connectivity index (χ4v) is 5.66. The first-order valence-corrected chi connectivity index (χ1v) is 12.9. The Labute approximate surface area is 202 Å². The first-order chi connectivity index (χ1) is 15.7. The Morgan fingerprint density at radius 3 is 2.52 bits per heavy atom. The third-order valence-corrected chi connectivity index (χ3v) is 7.70. The van der Waals surface area contributed by atoms with Crippen LogP contribution in [0.25, 0.3) is 0 Å². The van der Waals surface area contributed by atoms with Gasteiger partial charge in [0, 0.05) is 22.2 Å². The SMILES string of the molecule is C[C@@H]1Cc2cc(Br)ccc2N1C(=O)COc1ccc(S(=O)(=O)N[C@H](C)c2ccccc2)cc1. The van der Waals surface area contributed by atoms with Crippen molar-refractivity contribution in [3.8, 4) is 5.75 Å². The molecule has 0 radical (unpaired) electrons. The molecule has 0 saturated heterocycles. The van der Waals surface area contributed by atoms with E-state index in [4.69, 9.17) is 4.74 Å². The molecule has 1 N–H and O–H groups in total. The summed E-state index contributed by atoms with van der Waals surface area (Å²) in [6.07, 6.45) is 0.793. The number of halogens is 1. The number of sulfonamides is 1. The van der Waals surface area contributed by atoms with Crippen LogP contribution >= 0.6 is 15.9 Å². The Morgan fingerprint density at radius 1 is 1.12 bits per heavy atom. The van der Waals surface area contributed by atoms with Gasteiger partial charge in [-0.05, 0) is 73.9 Å². The van der Waals surface area contributed by atoms with E-state index < -0.39 is 10.0 Å². The van der Waals surface area contributed by atoms with E-state index in [2.05, 4.69) is 20.7 Å². The molecule has 0 spiro atoms. The van der Waals surface area contributed by atoms with Crippen LogP contribution in [-0.2, 0) is 21.2 Å². The molecular weight excluding hydrogens is 504 g/mol. The number of fused-ring (bicyclic) bond motifs is 1. The molecule has 6 nitrogen and oxygen atoms in total. The molecule has 0 saturated carbocycles. The summed E-state index contributed by atoms with van der Waals surface area (Å²) < 4.78 is 34.8. The number of ether oxygens (including phenoxy) is 1. The minimum Gasteiger partial charge on any atom is -0.484 e. The first-order valence-electron chi connectivity index (χ1n) is 10.7. The van der Waals surface area contributed by atoms with Gasteiger partial charge in [0.05, 0.1) is 4.90 Å². The highest BCUT2D eigenvalue weighted by atomic mass is 79.9. The summed E-state index contributed by atoms with van der Waals surface area (Å²) in [7, 11) is -3.70. The van der Waals surface area contributed by atoms with E-state index in [1.54, 1.807) is 24.0 Å². The third-order valence-electron chi connectivity index (χ3n) is 5.65. The molecule has 3 aromatic rings. The van der Waals surface area contributed by atoms with E-state index in [1.807, 2.05) is 55.5 Å². The average Bonchev–Trinajstić information content (AvgIpc) is 3.12. The molecule has 1 amide bonds. The Hall–Kier alpha value is -2.68. The fourth-order valence-electron chi connectivity index (χ4n) is 4.02. The zero-order valence-corrected chi connectivity index (χ0v) is 20.8. The number of anilines is 1. The normalized spacial score (nSPS) is 16.3. The fraction of sp³-hybridized carbons (Fsp3) is 0.240. The van der Waals surface area contributed by atoms with Crippen molar-refractivity contribution in [2.75, 3.05) is 11.5 Å². The Kier molecular flexibility index (Phi) is 6.88. The van der Waals surface area contributed by atoms with Crippen molar-refractivity contribution in [1.82, 2.24) is 4.72 Å². The van der Waals surface area contributed by atoms with Crippen LogP contribution in [0.2, 0.25) is 0 Å². The molecule has 0 unspecified atom stereocenters. The van der Waals surface area contributed by atoms with Gasteiger partial charge in [0.1, 0.15) is 5.75 Å². The summed E-state index contributed by atoms with van der Waals surface area (Å²) in [5.74, 6) is 0.292. The molecule has 0 aliphatic carbocycles. The third kappa shape index (κ3) is 5.29. The van der Waals surface area contributed by atoms with E-state index in [9.17, 15) is 13.2 Å². The Morgan fingerprint density at radius 2 is 1.82 bits per heavy atom. The number of hydrogen-bond acceptors (Lipinski definition) is 4. The van der Waals surface area contributed by atoms with Gasteiger partial charge in [0.25, 0.3) is 5.91 Å². The van der Waals surface area contributed by atoms with Crippen molar-refractivity contribution in [2.45, 2.75) is 37.2 Å². The summed E-state index contributed by atoms with van der Waals surface area (Å²) in [6, 6.07) is 21.0. The van der Waals surface area contributed by atoms with Gasteiger partial charge >= 0.3 is 0 Å². The molecule has 1 aliphatic heterocycles. The number of carbonyl (C=O) groups is 1. The van der Waals surface area contributed by atoms with E-state index in [0.717, 1.165) is 27.7 Å². The van der Waals surface area contributed by atoms with Crippen molar-refractivity contribution >= 4 is 37.5 Å². The molecule has 33 heavy (non-hydrogen) atoms. The lowest BCUT2D eigenvalue weighted by atomic mass is 10.1. The Bertz CT molecular complexity index is 1250. The number of nitrogens with zero attached hydrogens (tertiary/aromatic N) is 1. The number of rotatable bonds is 7. The maximum Gasteiger partial charge on any atom is 0.265 e. The number of hydrogen-bond donors (Lipinski definition) is 1. The van der Waals surface area contributed by atoms with Crippen LogP contribution in [0.4, 0.5) is 5.69 Å². The van der Waals surface area contributed by atoms with Crippen LogP contribution in [0.1, 0.15) is 31.0 Å². The minimum atomic E-state index is -3.70. The highest BCUT2D eigenvalue weighted by Gasteiger charge is 2.31. The molecule has 3 aromatic carbocycles. The number of carbonyl (C=O) groups excluding carboxylic acids is 1. The quantitative estimate of drug-likeness (QED) is 0.475. The molecule has 172 valence electrons. The van der Waals surface area contributed by atoms with Gasteiger partial charge in [-0.1, -0.05) is 46.3 Å². The standard InChI is InChI=1S/C25H25BrN2O4S/c1-17-14-20-15-21(26)8-13-24(20)28(17)25(29)16-32-22-9-11-23(12-10-22)33(30,31)27-18(2)19-6-4-3-5-7-19/h3-13,15,17-18,27H,14,16H2,1-2H3/t17-,18-/m1/s1. The van der Waals surface area contributed by atoms with Crippen LogP contribution in [0.15, 0.2) is 82.2 Å². The summed E-state index contributed by atoms with van der Waals surface area (Å²) >= 11 is 3.47. The number of benzene rings is 3. The van der Waals surface area contributed by atoms with Crippen molar-refractivity contribution in [3.05, 3.63) is 88.4 Å². The second-order valence-corrected chi connectivity index (χ2v) is 10.7. The molecular formula is C25H25BrN2O4S. The maximum atomic E-state index is 12.8. The second-order valence-electron chi connectivity index (χ2n) is 8.10. The second kappa shape index (κ2) is 9.67. The van der Waals surface area contributed by atoms with E-state index in [-0.39, 0.29) is 29.5 Å². The topological polar surface area (TPSA) is 75.7 Å². The molecule has 2 atom stereocenters. The summed E-state index contributed by atoms with van der Waals surface area (Å²) in [6.45, 7) is 3.68. The van der Waals surface area contributed by atoms with E-state index in [0.29, 0.717) is 5.75 Å². The maximum absolute atomic E-state index is 12.8. The molecule has 8 heteroatoms. The lowest BCUT2D eigenvalue weighted by molar-refractivity contribution is -0.120. The van der Waals surface area contributed by atoms with Gasteiger partial charge in [-0.25, -0.2) is 13.1 Å². The summed E-state index contributed by atoms with van der Waals surface area (Å²) in [5, 5.41) is 0. The number of amides is 1. The van der Waals surface area contributed by atoms with Gasteiger partial charge in [-0.3, -0.25) is 4.79 Å². The predicted octanol–water partition coefficient (Wildman–Crippen LogP) is 4.85. The Balaban J connectivity index is 1.38. The molecule has 1 heterocycles. The molecule has 1 aliphatic rings. The van der Waals surface area contributed by atoms with Gasteiger partial charge < -0.3 is 9.64 Å². The zero-order valence-electron chi connectivity index (χ0n) is 18.4. The van der Waals surface area contributed by atoms with Crippen LogP contribution in [0.3, 0.4) is 0 Å². The van der Waals surface area contributed by atoms with E-state index in [1.165, 1.54) is 12.1 Å². The van der Waals surface area contributed by atoms with E-state index >= 15 is 0 Å². The van der Waals surface area contributed by atoms with Crippen molar-refractivity contribution in [3.63, 3.8) is 0 Å². The van der Waals surface area contributed by atoms with Gasteiger partial charge in [0.15, 0.2) is 6.61 Å². The average molecular weight is 529 g/mol. The van der Waals surface area contributed by atoms with Crippen LogP contribution in [0, 0.1) is 0 Å². The smallest absolute Gasteiger partial charge is 0.265 e. The van der Waals surface area contributed by atoms with Crippen molar-refractivity contribution in [1.29, 1.82) is 0 Å². The van der Waals surface area contributed by atoms with Crippen LogP contribution < -0.4 is 14.4 Å². The number of nitrogens with one attached hydrogen (secondary N) is 1. The van der Waals surface area contributed by atoms with Crippen molar-refractivity contribution < 1.29 is 17.9 Å². The molecule has 0 bridgehead atoms. The van der Waals surface area contributed by atoms with Crippen LogP contribution in [-0.4, -0.2) is 27.0 Å². The molecule has 0 fully saturated rings. The monoisotopic (exact) mass is 528 g/mol. The predicted molar refractivity (Wildman–Crippen MR) is 132 cm³/mol. The summed E-state index contributed by atoms with van der Waals surface area (Å²) in [4.78, 5) is 14.7. The molecule has 0 aromatic heterocycles. The lowest BCUT2D eigenvalue weighted by Gasteiger charge is -2.22. The highest BCUT2D eigenvalue weighted by molar-refractivity contribution is 9.10. The molecule has 4 rings (SSSR count). The minimum absolute atomic E-state index is 0.0515. The van der Waals surface area contributed by atoms with Gasteiger partial charge in [0.2, 0.25) is 10.0 Å². The van der Waals surface area contributed by atoms with Crippen molar-refractivity contribution in [2.24, 2.45) is 0 Å². The first kappa shape index (κ1) is 23.5. The lowest BCUT2D eigenvalue weighted by Crippen LogP contribution is -2.39. The van der Waals surface area contributed by atoms with Gasteiger partial charge in [-0.15, -0.1) is 0 Å². The van der Waals surface area contributed by atoms with Gasteiger partial charge in [-0.2, -0.15) is 0 Å². The highest BCUT2D eigenvalue weighted by Crippen LogP contribution is 2.34. The zero-order chi connectivity index (χ0) is 23.6.